The molecule has 0 aromatic carbocycles. The summed E-state index contributed by atoms with van der Waals surface area (Å²) in [4.78, 5) is 18.0. The second-order valence-corrected chi connectivity index (χ2v) is 5.98. The highest BCUT2D eigenvalue weighted by atomic mass is 16.5. The third-order valence-corrected chi connectivity index (χ3v) is 4.39. The van der Waals surface area contributed by atoms with Gasteiger partial charge in [-0.15, -0.1) is 0 Å². The SMILES string of the molecule is COC1=CC(CCN(C)C(=O)/C=C/c2cccnc2)C(OC)CC1. The van der Waals surface area contributed by atoms with Gasteiger partial charge in [0.25, 0.3) is 0 Å². The van der Waals surface area contributed by atoms with E-state index in [0.29, 0.717) is 6.54 Å². The summed E-state index contributed by atoms with van der Waals surface area (Å²) in [6.07, 6.45) is 11.9. The van der Waals surface area contributed by atoms with E-state index >= 15 is 0 Å². The van der Waals surface area contributed by atoms with E-state index < -0.39 is 0 Å². The summed E-state index contributed by atoms with van der Waals surface area (Å²) in [5.74, 6) is 1.27. The molecule has 2 atom stereocenters. The predicted molar refractivity (Wildman–Crippen MR) is 94.1 cm³/mol. The third-order valence-electron chi connectivity index (χ3n) is 4.39. The van der Waals surface area contributed by atoms with Crippen LogP contribution < -0.4 is 0 Å². The van der Waals surface area contributed by atoms with Crippen molar-refractivity contribution < 1.29 is 14.3 Å². The highest BCUT2D eigenvalue weighted by Gasteiger charge is 2.25. The van der Waals surface area contributed by atoms with Crippen LogP contribution in [0.5, 0.6) is 0 Å². The Bertz CT molecular complexity index is 584. The van der Waals surface area contributed by atoms with Crippen LogP contribution in [0, 0.1) is 5.92 Å². The fourth-order valence-corrected chi connectivity index (χ4v) is 2.88. The van der Waals surface area contributed by atoms with Crippen LogP contribution in [0.25, 0.3) is 6.08 Å². The number of rotatable bonds is 7. The van der Waals surface area contributed by atoms with Crippen molar-refractivity contribution in [1.82, 2.24) is 9.88 Å². The molecule has 0 bridgehead atoms. The number of allylic oxidation sites excluding steroid dienone is 1. The van der Waals surface area contributed by atoms with Crippen molar-refractivity contribution >= 4 is 12.0 Å². The molecule has 1 amide bonds. The van der Waals surface area contributed by atoms with Crippen LogP contribution in [0.2, 0.25) is 0 Å². The van der Waals surface area contributed by atoms with Crippen molar-refractivity contribution in [2.75, 3.05) is 27.8 Å². The monoisotopic (exact) mass is 330 g/mol. The Labute approximate surface area is 144 Å². The summed E-state index contributed by atoms with van der Waals surface area (Å²) in [5.41, 5.74) is 0.915. The Morgan fingerprint density at radius 2 is 2.29 bits per heavy atom. The third kappa shape index (κ3) is 5.20. The van der Waals surface area contributed by atoms with Gasteiger partial charge < -0.3 is 14.4 Å². The molecule has 5 nitrogen and oxygen atoms in total. The minimum Gasteiger partial charge on any atom is -0.501 e. The van der Waals surface area contributed by atoms with Gasteiger partial charge in [-0.1, -0.05) is 6.07 Å². The Kier molecular flexibility index (Phi) is 7.00. The number of nitrogens with zero attached hydrogens (tertiary/aromatic N) is 2. The number of carbonyl (C=O) groups is 1. The first-order valence-electron chi connectivity index (χ1n) is 8.24. The molecular weight excluding hydrogens is 304 g/mol. The molecule has 24 heavy (non-hydrogen) atoms. The van der Waals surface area contributed by atoms with Gasteiger partial charge in [0, 0.05) is 51.5 Å². The van der Waals surface area contributed by atoms with Crippen LogP contribution in [-0.2, 0) is 14.3 Å². The van der Waals surface area contributed by atoms with E-state index in [4.69, 9.17) is 9.47 Å². The van der Waals surface area contributed by atoms with Gasteiger partial charge in [-0.05, 0) is 36.6 Å². The van der Waals surface area contributed by atoms with Crippen molar-refractivity contribution in [3.8, 4) is 0 Å². The van der Waals surface area contributed by atoms with E-state index in [2.05, 4.69) is 11.1 Å². The van der Waals surface area contributed by atoms with Gasteiger partial charge in [0.05, 0.1) is 19.0 Å². The smallest absolute Gasteiger partial charge is 0.246 e. The number of ether oxygens (including phenoxy) is 2. The fourth-order valence-electron chi connectivity index (χ4n) is 2.88. The van der Waals surface area contributed by atoms with Gasteiger partial charge in [-0.2, -0.15) is 0 Å². The molecule has 2 unspecified atom stereocenters. The van der Waals surface area contributed by atoms with Gasteiger partial charge in [-0.25, -0.2) is 0 Å². The zero-order chi connectivity index (χ0) is 17.4. The number of carbonyl (C=O) groups excluding carboxylic acids is 1. The summed E-state index contributed by atoms with van der Waals surface area (Å²) in [7, 11) is 5.27. The number of hydrogen-bond donors (Lipinski definition) is 0. The van der Waals surface area contributed by atoms with E-state index in [0.717, 1.165) is 30.6 Å². The molecule has 2 rings (SSSR count). The average Bonchev–Trinajstić information content (AvgIpc) is 2.64. The molecule has 130 valence electrons. The standard InChI is InChI=1S/C19H26N2O3/c1-21(19(22)9-6-15-5-4-11-20-14-15)12-10-16-13-17(23-2)7-8-18(16)24-3/h4-6,9,11,13-14,16,18H,7-8,10,12H2,1-3H3/b9-6+. The molecule has 1 aliphatic rings. The lowest BCUT2D eigenvalue weighted by Crippen LogP contribution is -2.32. The van der Waals surface area contributed by atoms with Crippen LogP contribution in [-0.4, -0.2) is 49.7 Å². The number of likely N-dealkylation sites (N-methyl/N-ethyl adjacent to an activating group) is 1. The molecule has 0 N–H and O–H groups in total. The quantitative estimate of drug-likeness (QED) is 0.721. The first-order valence-corrected chi connectivity index (χ1v) is 8.24. The average molecular weight is 330 g/mol. The number of methoxy groups -OCH3 is 2. The number of aromatic nitrogens is 1. The van der Waals surface area contributed by atoms with Gasteiger partial charge in [0.15, 0.2) is 0 Å². The molecule has 0 radical (unpaired) electrons. The van der Waals surface area contributed by atoms with Crippen LogP contribution in [0.3, 0.4) is 0 Å². The number of pyridine rings is 1. The largest absolute Gasteiger partial charge is 0.501 e. The second-order valence-electron chi connectivity index (χ2n) is 5.98. The lowest BCUT2D eigenvalue weighted by atomic mass is 9.88. The highest BCUT2D eigenvalue weighted by Crippen LogP contribution is 2.28. The summed E-state index contributed by atoms with van der Waals surface area (Å²) < 4.78 is 10.9. The van der Waals surface area contributed by atoms with Crippen molar-refractivity contribution in [2.45, 2.75) is 25.4 Å². The second kappa shape index (κ2) is 9.23. The summed E-state index contributed by atoms with van der Waals surface area (Å²) in [6, 6.07) is 3.76. The molecule has 0 aliphatic heterocycles. The minimum absolute atomic E-state index is 0.0143. The maximum atomic E-state index is 12.2. The lowest BCUT2D eigenvalue weighted by molar-refractivity contribution is -0.125. The Morgan fingerprint density at radius 1 is 1.46 bits per heavy atom. The Hall–Kier alpha value is -2.14. The molecule has 1 aliphatic carbocycles. The Balaban J connectivity index is 1.88. The molecule has 0 fully saturated rings. The summed E-state index contributed by atoms with van der Waals surface area (Å²) in [6.45, 7) is 0.675. The van der Waals surface area contributed by atoms with Gasteiger partial charge in [0.1, 0.15) is 0 Å². The Morgan fingerprint density at radius 3 is 2.96 bits per heavy atom. The van der Waals surface area contributed by atoms with E-state index in [1.165, 1.54) is 0 Å². The minimum atomic E-state index is -0.0143. The van der Waals surface area contributed by atoms with Gasteiger partial charge in [0.2, 0.25) is 5.91 Å². The highest BCUT2D eigenvalue weighted by molar-refractivity contribution is 5.91. The molecule has 0 saturated carbocycles. The van der Waals surface area contributed by atoms with Crippen molar-refractivity contribution in [3.63, 3.8) is 0 Å². The molecular formula is C19H26N2O3. The summed E-state index contributed by atoms with van der Waals surface area (Å²) >= 11 is 0. The molecule has 5 heteroatoms. The number of amides is 1. The zero-order valence-corrected chi connectivity index (χ0v) is 14.6. The molecule has 0 saturated heterocycles. The molecule has 1 aromatic rings. The van der Waals surface area contributed by atoms with Crippen molar-refractivity contribution in [2.24, 2.45) is 5.92 Å². The van der Waals surface area contributed by atoms with E-state index in [-0.39, 0.29) is 17.9 Å². The molecule has 0 spiro atoms. The van der Waals surface area contributed by atoms with Crippen molar-refractivity contribution in [3.05, 3.63) is 48.0 Å². The van der Waals surface area contributed by atoms with Crippen LogP contribution >= 0.6 is 0 Å². The lowest BCUT2D eigenvalue weighted by Gasteiger charge is -2.30. The molecule has 1 heterocycles. The van der Waals surface area contributed by atoms with E-state index in [9.17, 15) is 4.79 Å². The van der Waals surface area contributed by atoms with Crippen molar-refractivity contribution in [1.29, 1.82) is 0 Å². The van der Waals surface area contributed by atoms with Crippen LogP contribution in [0.15, 0.2) is 42.4 Å². The van der Waals surface area contributed by atoms with Gasteiger partial charge >= 0.3 is 0 Å². The number of hydrogen-bond acceptors (Lipinski definition) is 4. The normalized spacial score (nSPS) is 20.7. The first-order chi connectivity index (χ1) is 11.6. The topological polar surface area (TPSA) is 51.7 Å². The maximum Gasteiger partial charge on any atom is 0.246 e. The summed E-state index contributed by atoms with van der Waals surface area (Å²) in [5, 5.41) is 0. The van der Waals surface area contributed by atoms with E-state index in [1.807, 2.05) is 19.2 Å². The predicted octanol–water partition coefficient (Wildman–Crippen LogP) is 2.90. The van der Waals surface area contributed by atoms with Gasteiger partial charge in [-0.3, -0.25) is 9.78 Å². The molecule has 1 aromatic heterocycles. The van der Waals surface area contributed by atoms with Crippen LogP contribution in [0.4, 0.5) is 0 Å². The van der Waals surface area contributed by atoms with Crippen LogP contribution in [0.1, 0.15) is 24.8 Å². The zero-order valence-electron chi connectivity index (χ0n) is 14.6. The first kappa shape index (κ1) is 18.2. The van der Waals surface area contributed by atoms with E-state index in [1.54, 1.807) is 43.7 Å². The maximum absolute atomic E-state index is 12.2. The fraction of sp³-hybridized carbons (Fsp3) is 0.474.